The molecular weight excluding hydrogens is 462 g/mol. The molecule has 2 N–H and O–H groups in total. The summed E-state index contributed by atoms with van der Waals surface area (Å²) in [6.07, 6.45) is 0. The van der Waals surface area contributed by atoms with Gasteiger partial charge in [-0.2, -0.15) is 0 Å². The molecule has 0 spiro atoms. The molecule has 33 heavy (non-hydrogen) atoms. The number of hydrogen-bond acceptors (Lipinski definition) is 6. The van der Waals surface area contributed by atoms with Gasteiger partial charge in [0.05, 0.1) is 24.6 Å². The zero-order chi connectivity index (χ0) is 24.0. The monoisotopic (exact) mass is 487 g/mol. The van der Waals surface area contributed by atoms with Gasteiger partial charge in [-0.15, -0.1) is 10.2 Å². The van der Waals surface area contributed by atoms with Crippen LogP contribution in [0.1, 0.15) is 41.6 Å². The van der Waals surface area contributed by atoms with Gasteiger partial charge in [-0.25, -0.2) is 0 Å². The van der Waals surface area contributed by atoms with Gasteiger partial charge in [-0.05, 0) is 62.7 Å². The maximum atomic E-state index is 12.5. The number of ether oxygens (including phenoxy) is 1. The summed E-state index contributed by atoms with van der Waals surface area (Å²) >= 11 is 7.17. The van der Waals surface area contributed by atoms with Crippen LogP contribution in [-0.4, -0.2) is 39.4 Å². The molecule has 8 nitrogen and oxygen atoms in total. The summed E-state index contributed by atoms with van der Waals surface area (Å²) in [5.41, 5.74) is 2.15. The lowest BCUT2D eigenvalue weighted by molar-refractivity contribution is -0.113. The van der Waals surface area contributed by atoms with Crippen LogP contribution in [0.2, 0.25) is 5.02 Å². The van der Waals surface area contributed by atoms with Gasteiger partial charge in [0.1, 0.15) is 5.75 Å². The maximum Gasteiger partial charge on any atom is 0.251 e. The number of methoxy groups -OCH3 is 1. The highest BCUT2D eigenvalue weighted by Crippen LogP contribution is 2.26. The molecule has 0 unspecified atom stereocenters. The average Bonchev–Trinajstić information content (AvgIpc) is 3.21. The lowest BCUT2D eigenvalue weighted by Crippen LogP contribution is -2.28. The Morgan fingerprint density at radius 2 is 1.91 bits per heavy atom. The molecule has 174 valence electrons. The quantitative estimate of drug-likeness (QED) is 0.431. The molecule has 2 amide bonds. The van der Waals surface area contributed by atoms with Crippen LogP contribution in [0.15, 0.2) is 47.6 Å². The van der Waals surface area contributed by atoms with Crippen LogP contribution in [0.25, 0.3) is 0 Å². The number of halogens is 1. The molecule has 0 bridgehead atoms. The summed E-state index contributed by atoms with van der Waals surface area (Å²) in [6.45, 7) is 6.35. The largest absolute Gasteiger partial charge is 0.495 e. The van der Waals surface area contributed by atoms with Crippen molar-refractivity contribution in [3.05, 3.63) is 64.4 Å². The number of anilines is 1. The number of aromatic nitrogens is 3. The highest BCUT2D eigenvalue weighted by molar-refractivity contribution is 7.99. The van der Waals surface area contributed by atoms with Crippen LogP contribution < -0.4 is 15.4 Å². The van der Waals surface area contributed by atoms with E-state index in [2.05, 4.69) is 20.8 Å². The van der Waals surface area contributed by atoms with Crippen molar-refractivity contribution in [1.82, 2.24) is 20.1 Å². The molecule has 3 rings (SSSR count). The first kappa shape index (κ1) is 24.6. The molecule has 0 aliphatic rings. The maximum absolute atomic E-state index is 12.5. The normalized spacial score (nSPS) is 11.7. The Morgan fingerprint density at radius 3 is 2.58 bits per heavy atom. The molecule has 0 saturated heterocycles. The first-order valence-electron chi connectivity index (χ1n) is 10.4. The van der Waals surface area contributed by atoms with E-state index in [1.165, 1.54) is 11.8 Å². The Morgan fingerprint density at radius 1 is 1.18 bits per heavy atom. The first-order chi connectivity index (χ1) is 15.8. The van der Waals surface area contributed by atoms with Crippen LogP contribution in [0.4, 0.5) is 5.69 Å². The van der Waals surface area contributed by atoms with Crippen molar-refractivity contribution >= 4 is 40.9 Å². The minimum absolute atomic E-state index is 0.154. The highest BCUT2D eigenvalue weighted by atomic mass is 35.5. The molecule has 1 heterocycles. The van der Waals surface area contributed by atoms with Crippen molar-refractivity contribution in [3.8, 4) is 5.75 Å². The summed E-state index contributed by atoms with van der Waals surface area (Å²) in [5.74, 6) is 0.956. The molecule has 0 saturated carbocycles. The van der Waals surface area contributed by atoms with Gasteiger partial charge in [0.25, 0.3) is 5.91 Å². The van der Waals surface area contributed by atoms with Crippen molar-refractivity contribution < 1.29 is 14.3 Å². The molecule has 3 aromatic rings. The Kier molecular flexibility index (Phi) is 8.35. The standard InChI is InChI=1S/C23H26ClN5O3S/c1-5-29-21(15(3)25-22(31)16-7-9-17(24)10-8-16)27-28-23(29)33-13-20(30)26-18-12-14(2)6-11-19(18)32-4/h6-12,15H,5,13H2,1-4H3,(H,25,31)(H,26,30)/t15-/m0/s1. The number of amides is 2. The van der Waals surface area contributed by atoms with Crippen molar-refractivity contribution in [2.45, 2.75) is 38.5 Å². The van der Waals surface area contributed by atoms with Crippen molar-refractivity contribution in [1.29, 1.82) is 0 Å². The first-order valence-corrected chi connectivity index (χ1v) is 11.8. The third-order valence-corrected chi connectivity index (χ3v) is 6.08. The second kappa shape index (κ2) is 11.2. The highest BCUT2D eigenvalue weighted by Gasteiger charge is 2.20. The third-order valence-electron chi connectivity index (χ3n) is 4.86. The minimum atomic E-state index is -0.375. The van der Waals surface area contributed by atoms with E-state index in [1.54, 1.807) is 31.4 Å². The van der Waals surface area contributed by atoms with Gasteiger partial charge in [0, 0.05) is 17.1 Å². The molecule has 2 aromatic carbocycles. The Hall–Kier alpha value is -3.04. The summed E-state index contributed by atoms with van der Waals surface area (Å²) in [6, 6.07) is 11.9. The third kappa shape index (κ3) is 6.27. The number of thioether (sulfide) groups is 1. The molecular formula is C23H26ClN5O3S. The van der Waals surface area contributed by atoms with Crippen molar-refractivity contribution in [2.24, 2.45) is 0 Å². The zero-order valence-corrected chi connectivity index (χ0v) is 20.5. The Labute approximate surface area is 202 Å². The number of hydrogen-bond donors (Lipinski definition) is 2. The zero-order valence-electron chi connectivity index (χ0n) is 18.9. The van der Waals surface area contributed by atoms with E-state index in [4.69, 9.17) is 16.3 Å². The fourth-order valence-corrected chi connectivity index (χ4v) is 4.14. The number of aryl methyl sites for hydroxylation is 1. The van der Waals surface area contributed by atoms with Gasteiger partial charge in [-0.3, -0.25) is 9.59 Å². The predicted octanol–water partition coefficient (Wildman–Crippen LogP) is 4.49. The summed E-state index contributed by atoms with van der Waals surface area (Å²) in [7, 11) is 1.56. The van der Waals surface area contributed by atoms with Gasteiger partial charge in [0.15, 0.2) is 11.0 Å². The second-order valence-electron chi connectivity index (χ2n) is 7.33. The number of nitrogens with one attached hydrogen (secondary N) is 2. The lowest BCUT2D eigenvalue weighted by Gasteiger charge is -2.15. The van der Waals surface area contributed by atoms with Gasteiger partial charge in [0.2, 0.25) is 5.91 Å². The molecule has 0 aliphatic carbocycles. The molecule has 0 aliphatic heterocycles. The fourth-order valence-electron chi connectivity index (χ4n) is 3.21. The van der Waals surface area contributed by atoms with Crippen LogP contribution in [0, 0.1) is 6.92 Å². The number of carbonyl (C=O) groups is 2. The van der Waals surface area contributed by atoms with Gasteiger partial charge >= 0.3 is 0 Å². The topological polar surface area (TPSA) is 98.1 Å². The Bertz CT molecular complexity index is 1130. The van der Waals surface area contributed by atoms with E-state index in [0.717, 1.165) is 5.56 Å². The van der Waals surface area contributed by atoms with E-state index in [0.29, 0.717) is 39.5 Å². The number of nitrogens with zero attached hydrogens (tertiary/aromatic N) is 3. The fraction of sp³-hybridized carbons (Fsp3) is 0.304. The van der Waals surface area contributed by atoms with Crippen molar-refractivity contribution in [3.63, 3.8) is 0 Å². The minimum Gasteiger partial charge on any atom is -0.495 e. The molecule has 0 radical (unpaired) electrons. The SMILES string of the molecule is CCn1c(SCC(=O)Nc2cc(C)ccc2OC)nnc1[C@H](C)NC(=O)c1ccc(Cl)cc1. The lowest BCUT2D eigenvalue weighted by atomic mass is 10.2. The molecule has 1 atom stereocenters. The van der Waals surface area contributed by atoms with E-state index < -0.39 is 0 Å². The number of rotatable bonds is 9. The smallest absolute Gasteiger partial charge is 0.251 e. The van der Waals surface area contributed by atoms with Crippen LogP contribution in [0.3, 0.4) is 0 Å². The summed E-state index contributed by atoms with van der Waals surface area (Å²) in [5, 5.41) is 15.5. The number of carbonyl (C=O) groups excluding carboxylic acids is 2. The number of benzene rings is 2. The Balaban J connectivity index is 1.64. The van der Waals surface area contributed by atoms with Crippen LogP contribution >= 0.6 is 23.4 Å². The van der Waals surface area contributed by atoms with E-state index in [1.807, 2.05) is 43.5 Å². The molecule has 0 fully saturated rings. The van der Waals surface area contributed by atoms with Crippen molar-refractivity contribution in [2.75, 3.05) is 18.2 Å². The van der Waals surface area contributed by atoms with Gasteiger partial charge < -0.3 is 19.9 Å². The molecule has 10 heteroatoms. The second-order valence-corrected chi connectivity index (χ2v) is 8.71. The predicted molar refractivity (Wildman–Crippen MR) is 130 cm³/mol. The summed E-state index contributed by atoms with van der Waals surface area (Å²) < 4.78 is 7.20. The van der Waals surface area contributed by atoms with E-state index >= 15 is 0 Å². The average molecular weight is 488 g/mol. The van der Waals surface area contributed by atoms with E-state index in [9.17, 15) is 9.59 Å². The van der Waals surface area contributed by atoms with Crippen LogP contribution in [-0.2, 0) is 11.3 Å². The van der Waals surface area contributed by atoms with E-state index in [-0.39, 0.29) is 23.6 Å². The van der Waals surface area contributed by atoms with Crippen LogP contribution in [0.5, 0.6) is 5.75 Å². The van der Waals surface area contributed by atoms with Gasteiger partial charge in [-0.1, -0.05) is 29.4 Å². The molecule has 1 aromatic heterocycles. The summed E-state index contributed by atoms with van der Waals surface area (Å²) in [4.78, 5) is 25.1.